The Morgan fingerprint density at radius 3 is 2.80 bits per heavy atom. The lowest BCUT2D eigenvalue weighted by Crippen LogP contribution is -2.43. The molecule has 1 aliphatic heterocycles. The van der Waals surface area contributed by atoms with Gasteiger partial charge in [0.15, 0.2) is 0 Å². The molecule has 136 valence electrons. The Morgan fingerprint density at radius 1 is 1.24 bits per heavy atom. The molecule has 6 heteroatoms. The number of nitrogens with zero attached hydrogens (tertiary/aromatic N) is 1. The highest BCUT2D eigenvalue weighted by Crippen LogP contribution is 2.22. The maximum atomic E-state index is 12.7. The van der Waals surface area contributed by atoms with Crippen molar-refractivity contribution >= 4 is 20.8 Å². The van der Waals surface area contributed by atoms with Crippen LogP contribution in [0.3, 0.4) is 0 Å². The van der Waals surface area contributed by atoms with Crippen LogP contribution in [0, 0.1) is 5.92 Å². The van der Waals surface area contributed by atoms with Crippen molar-refractivity contribution < 1.29 is 13.5 Å². The van der Waals surface area contributed by atoms with Gasteiger partial charge in [0.1, 0.15) is 0 Å². The van der Waals surface area contributed by atoms with Gasteiger partial charge in [0, 0.05) is 25.0 Å². The molecule has 2 aromatic rings. The second-order valence-electron chi connectivity index (χ2n) is 6.99. The average molecular weight is 362 g/mol. The van der Waals surface area contributed by atoms with Gasteiger partial charge in [-0.3, -0.25) is 0 Å². The van der Waals surface area contributed by atoms with Crippen molar-refractivity contribution in [1.29, 1.82) is 0 Å². The fraction of sp³-hybridized carbons (Fsp3) is 0.474. The third-order valence-electron chi connectivity index (χ3n) is 4.76. The summed E-state index contributed by atoms with van der Waals surface area (Å²) < 4.78 is 27.9. The van der Waals surface area contributed by atoms with Crippen molar-refractivity contribution in [3.8, 4) is 0 Å². The van der Waals surface area contributed by atoms with E-state index in [0.29, 0.717) is 17.8 Å². The van der Waals surface area contributed by atoms with Crippen LogP contribution in [-0.2, 0) is 10.0 Å². The number of aliphatic hydroxyl groups excluding tert-OH is 1. The minimum atomic E-state index is -3.66. The number of rotatable bonds is 6. The van der Waals surface area contributed by atoms with E-state index in [1.807, 2.05) is 24.3 Å². The Hall–Kier alpha value is -1.47. The fourth-order valence-corrected chi connectivity index (χ4v) is 4.83. The van der Waals surface area contributed by atoms with Gasteiger partial charge in [-0.15, -0.1) is 0 Å². The number of likely N-dealkylation sites (tertiary alicyclic amines) is 1. The van der Waals surface area contributed by atoms with E-state index in [0.717, 1.165) is 24.9 Å². The molecule has 0 bridgehead atoms. The minimum Gasteiger partial charge on any atom is -0.390 e. The molecule has 1 unspecified atom stereocenters. The molecule has 2 aromatic carbocycles. The third kappa shape index (κ3) is 4.58. The molecule has 0 radical (unpaired) electrons. The summed E-state index contributed by atoms with van der Waals surface area (Å²) in [6.45, 7) is 4.67. The van der Waals surface area contributed by atoms with E-state index in [1.54, 1.807) is 18.2 Å². The molecular formula is C19H26N2O3S. The van der Waals surface area contributed by atoms with Crippen molar-refractivity contribution in [3.63, 3.8) is 0 Å². The summed E-state index contributed by atoms with van der Waals surface area (Å²) in [6.07, 6.45) is 1.64. The summed E-state index contributed by atoms with van der Waals surface area (Å²) in [7, 11) is -3.66. The molecule has 0 saturated carbocycles. The van der Waals surface area contributed by atoms with Gasteiger partial charge in [-0.1, -0.05) is 43.3 Å². The zero-order chi connectivity index (χ0) is 17.9. The number of piperidine rings is 1. The lowest BCUT2D eigenvalue weighted by Gasteiger charge is -2.32. The molecule has 25 heavy (non-hydrogen) atoms. The van der Waals surface area contributed by atoms with Gasteiger partial charge >= 0.3 is 0 Å². The largest absolute Gasteiger partial charge is 0.390 e. The van der Waals surface area contributed by atoms with E-state index in [2.05, 4.69) is 16.5 Å². The van der Waals surface area contributed by atoms with Gasteiger partial charge in [-0.05, 0) is 36.8 Å². The van der Waals surface area contributed by atoms with Crippen molar-refractivity contribution in [1.82, 2.24) is 9.62 Å². The van der Waals surface area contributed by atoms with E-state index in [4.69, 9.17) is 0 Å². The highest BCUT2D eigenvalue weighted by molar-refractivity contribution is 7.89. The van der Waals surface area contributed by atoms with Gasteiger partial charge in [0.2, 0.25) is 10.0 Å². The van der Waals surface area contributed by atoms with Gasteiger partial charge in [-0.25, -0.2) is 13.1 Å². The third-order valence-corrected chi connectivity index (χ3v) is 6.24. The summed E-state index contributed by atoms with van der Waals surface area (Å²) in [6, 6.07) is 12.6. The van der Waals surface area contributed by atoms with Crippen molar-refractivity contribution in [2.75, 3.05) is 26.2 Å². The number of sulfonamides is 1. The Kier molecular flexibility index (Phi) is 5.74. The molecule has 0 spiro atoms. The van der Waals surface area contributed by atoms with Crippen LogP contribution in [-0.4, -0.2) is 50.7 Å². The first-order valence-corrected chi connectivity index (χ1v) is 10.3. The monoisotopic (exact) mass is 362 g/mol. The number of fused-ring (bicyclic) bond motifs is 1. The first-order valence-electron chi connectivity index (χ1n) is 8.83. The molecule has 5 nitrogen and oxygen atoms in total. The second-order valence-corrected chi connectivity index (χ2v) is 8.73. The quantitative estimate of drug-likeness (QED) is 0.827. The van der Waals surface area contributed by atoms with E-state index >= 15 is 0 Å². The lowest BCUT2D eigenvalue weighted by atomic mass is 10.00. The smallest absolute Gasteiger partial charge is 0.241 e. The van der Waals surface area contributed by atoms with Crippen LogP contribution < -0.4 is 4.72 Å². The molecule has 0 aromatic heterocycles. The van der Waals surface area contributed by atoms with E-state index in [9.17, 15) is 13.5 Å². The predicted molar refractivity (Wildman–Crippen MR) is 100.0 cm³/mol. The van der Waals surface area contributed by atoms with E-state index < -0.39 is 16.1 Å². The summed E-state index contributed by atoms with van der Waals surface area (Å²) in [4.78, 5) is 2.47. The number of hydrogen-bond donors (Lipinski definition) is 2. The molecule has 1 heterocycles. The molecule has 0 aliphatic carbocycles. The van der Waals surface area contributed by atoms with Crippen LogP contribution in [0.4, 0.5) is 0 Å². The standard InChI is InChI=1S/C19H26N2O3S/c1-15-6-5-11-21(13-15)14-17(22)12-20-25(23,24)19-10-4-8-16-7-2-3-9-18(16)19/h2-4,7-10,15,17,20,22H,5-6,11-14H2,1H3/t15?,17-/m0/s1. The average Bonchev–Trinajstić information content (AvgIpc) is 2.59. The van der Waals surface area contributed by atoms with Crippen LogP contribution in [0.25, 0.3) is 10.8 Å². The molecule has 2 N–H and O–H groups in total. The highest BCUT2D eigenvalue weighted by Gasteiger charge is 2.21. The summed E-state index contributed by atoms with van der Waals surface area (Å²) in [5, 5.41) is 11.8. The molecule has 3 rings (SSSR count). The number of benzene rings is 2. The summed E-state index contributed by atoms with van der Waals surface area (Å²) in [5.74, 6) is 0.633. The molecule has 1 aliphatic rings. The zero-order valence-electron chi connectivity index (χ0n) is 14.6. The molecule has 2 atom stereocenters. The normalized spacial score (nSPS) is 20.6. The van der Waals surface area contributed by atoms with Gasteiger partial charge < -0.3 is 10.0 Å². The second kappa shape index (κ2) is 7.83. The number of aliphatic hydroxyl groups is 1. The first-order chi connectivity index (χ1) is 12.0. The maximum Gasteiger partial charge on any atom is 0.241 e. The first kappa shape index (κ1) is 18.3. The minimum absolute atomic E-state index is 0.0242. The van der Waals surface area contributed by atoms with Crippen molar-refractivity contribution in [2.45, 2.75) is 30.8 Å². The lowest BCUT2D eigenvalue weighted by molar-refractivity contribution is 0.0902. The number of β-amino-alcohol motifs (C(OH)–C–C–N with tert-alkyl or cyclic N) is 1. The Balaban J connectivity index is 1.65. The Labute approximate surface area is 149 Å². The van der Waals surface area contributed by atoms with Crippen molar-refractivity contribution in [2.24, 2.45) is 5.92 Å². The molecule has 1 saturated heterocycles. The van der Waals surface area contributed by atoms with Gasteiger partial charge in [0.05, 0.1) is 11.0 Å². The van der Waals surface area contributed by atoms with Crippen molar-refractivity contribution in [3.05, 3.63) is 42.5 Å². The summed E-state index contributed by atoms with van der Waals surface area (Å²) in [5.41, 5.74) is 0. The molecular weight excluding hydrogens is 336 g/mol. The zero-order valence-corrected chi connectivity index (χ0v) is 15.4. The van der Waals surface area contributed by atoms with Gasteiger partial charge in [-0.2, -0.15) is 0 Å². The molecule has 0 amide bonds. The van der Waals surface area contributed by atoms with E-state index in [-0.39, 0.29) is 11.4 Å². The number of hydrogen-bond acceptors (Lipinski definition) is 4. The van der Waals surface area contributed by atoms with Gasteiger partial charge in [0.25, 0.3) is 0 Å². The van der Waals surface area contributed by atoms with Crippen LogP contribution in [0.15, 0.2) is 47.4 Å². The SMILES string of the molecule is CC1CCCN(C[C@@H](O)CNS(=O)(=O)c2cccc3ccccc23)C1. The Bertz CT molecular complexity index is 817. The van der Waals surface area contributed by atoms with Crippen LogP contribution in [0.1, 0.15) is 19.8 Å². The summed E-state index contributed by atoms with van der Waals surface area (Å²) >= 11 is 0. The number of nitrogens with one attached hydrogen (secondary N) is 1. The maximum absolute atomic E-state index is 12.7. The predicted octanol–water partition coefficient (Wildman–Crippen LogP) is 2.21. The fourth-order valence-electron chi connectivity index (χ4n) is 3.53. The Morgan fingerprint density at radius 2 is 2.00 bits per heavy atom. The van der Waals surface area contributed by atoms with E-state index in [1.165, 1.54) is 6.42 Å². The highest BCUT2D eigenvalue weighted by atomic mass is 32.2. The molecule has 1 fully saturated rings. The van der Waals surface area contributed by atoms with Crippen LogP contribution in [0.2, 0.25) is 0 Å². The topological polar surface area (TPSA) is 69.6 Å². The van der Waals surface area contributed by atoms with Crippen LogP contribution in [0.5, 0.6) is 0 Å². The van der Waals surface area contributed by atoms with Crippen LogP contribution >= 0.6 is 0 Å².